The van der Waals surface area contributed by atoms with E-state index in [1.807, 2.05) is 0 Å². The number of carbonyl (C=O) groups is 1. The van der Waals surface area contributed by atoms with E-state index in [1.165, 1.54) is 14.2 Å². The summed E-state index contributed by atoms with van der Waals surface area (Å²) in [6, 6.07) is 3.50. The van der Waals surface area contributed by atoms with Crippen LogP contribution in [0.2, 0.25) is 5.02 Å². The Morgan fingerprint density at radius 2 is 1.96 bits per heavy atom. The number of nitrogens with zero attached hydrogens (tertiary/aromatic N) is 1. The number of nitrogens with one attached hydrogen (secondary N) is 1. The third-order valence-corrected chi connectivity index (χ3v) is 4.73. The lowest BCUT2D eigenvalue weighted by Gasteiger charge is -2.36. The van der Waals surface area contributed by atoms with Crippen molar-refractivity contribution in [3.05, 3.63) is 22.7 Å². The van der Waals surface area contributed by atoms with Gasteiger partial charge in [0.2, 0.25) is 0 Å². The molecule has 2 rings (SSSR count). The maximum Gasteiger partial charge on any atom is 0.251 e. The van der Waals surface area contributed by atoms with Gasteiger partial charge in [-0.25, -0.2) is 0 Å². The Morgan fingerprint density at radius 3 is 2.52 bits per heavy atom. The van der Waals surface area contributed by atoms with Crippen LogP contribution in [0, 0.1) is 5.92 Å². The molecule has 0 radical (unpaired) electrons. The zero-order valence-electron chi connectivity index (χ0n) is 15.3. The highest BCUT2D eigenvalue weighted by Crippen LogP contribution is 2.35. The average Bonchev–Trinajstić information content (AvgIpc) is 2.61. The highest BCUT2D eigenvalue weighted by atomic mass is 35.5. The van der Waals surface area contributed by atoms with Crippen molar-refractivity contribution in [1.82, 2.24) is 10.2 Å². The second kappa shape index (κ2) is 9.27. The lowest BCUT2D eigenvalue weighted by atomic mass is 10.0. The van der Waals surface area contributed by atoms with Crippen molar-refractivity contribution in [3.8, 4) is 11.5 Å². The summed E-state index contributed by atoms with van der Waals surface area (Å²) in [7, 11) is 3.03. The second-order valence-electron chi connectivity index (χ2n) is 6.36. The van der Waals surface area contributed by atoms with E-state index in [1.54, 1.807) is 12.1 Å². The summed E-state index contributed by atoms with van der Waals surface area (Å²) < 4.78 is 15.9. The fourth-order valence-electron chi connectivity index (χ4n) is 3.04. The normalized spacial score (nSPS) is 16.6. The fraction of sp³-hybridized carbons (Fsp3) is 0.611. The summed E-state index contributed by atoms with van der Waals surface area (Å²) in [5.74, 6) is 1.11. The first-order valence-corrected chi connectivity index (χ1v) is 8.87. The van der Waals surface area contributed by atoms with Gasteiger partial charge in [0.1, 0.15) is 0 Å². The van der Waals surface area contributed by atoms with Gasteiger partial charge in [-0.05, 0) is 18.1 Å². The lowest BCUT2D eigenvalue weighted by molar-refractivity contribution is 0.00672. The first-order valence-electron chi connectivity index (χ1n) is 8.49. The third-order valence-electron chi connectivity index (χ3n) is 4.45. The molecule has 1 N–H and O–H groups in total. The number of hydrogen-bond acceptors (Lipinski definition) is 5. The highest BCUT2D eigenvalue weighted by molar-refractivity contribution is 6.32. The number of ether oxygens (including phenoxy) is 3. The Bertz CT molecular complexity index is 589. The number of morpholine rings is 1. The SMILES string of the molecule is COc1cc(C(=O)NCC(C(C)C)N2CCOCC2)cc(Cl)c1OC. The molecule has 1 aliphatic heterocycles. The molecule has 0 bridgehead atoms. The molecule has 1 fully saturated rings. The Balaban J connectivity index is 2.06. The topological polar surface area (TPSA) is 60.0 Å². The molecular formula is C18H27ClN2O4. The van der Waals surface area contributed by atoms with Crippen LogP contribution < -0.4 is 14.8 Å². The standard InChI is InChI=1S/C18H27ClN2O4/c1-12(2)15(21-5-7-25-8-6-21)11-20-18(22)13-9-14(19)17(24-4)16(10-13)23-3/h9-10,12,15H,5-8,11H2,1-4H3,(H,20,22). The van der Waals surface area contributed by atoms with Crippen LogP contribution in [0.1, 0.15) is 24.2 Å². The van der Waals surface area contributed by atoms with Crippen LogP contribution in [0.5, 0.6) is 11.5 Å². The Morgan fingerprint density at radius 1 is 1.28 bits per heavy atom. The Labute approximate surface area is 154 Å². The zero-order valence-corrected chi connectivity index (χ0v) is 16.1. The molecule has 7 heteroatoms. The minimum absolute atomic E-state index is 0.179. The molecule has 1 unspecified atom stereocenters. The van der Waals surface area contributed by atoms with Crippen molar-refractivity contribution < 1.29 is 19.0 Å². The molecule has 1 aliphatic rings. The molecule has 6 nitrogen and oxygen atoms in total. The van der Waals surface area contributed by atoms with E-state index < -0.39 is 0 Å². The third kappa shape index (κ3) is 5.00. The highest BCUT2D eigenvalue weighted by Gasteiger charge is 2.24. The summed E-state index contributed by atoms with van der Waals surface area (Å²) in [5, 5.41) is 3.37. The minimum atomic E-state index is -0.179. The van der Waals surface area contributed by atoms with Crippen molar-refractivity contribution in [3.63, 3.8) is 0 Å². The van der Waals surface area contributed by atoms with Crippen LogP contribution >= 0.6 is 11.6 Å². The minimum Gasteiger partial charge on any atom is -0.493 e. The fourth-order valence-corrected chi connectivity index (χ4v) is 3.33. The molecule has 1 atom stereocenters. The van der Waals surface area contributed by atoms with Crippen LogP contribution in [-0.2, 0) is 4.74 Å². The molecule has 0 saturated carbocycles. The number of hydrogen-bond donors (Lipinski definition) is 1. The summed E-state index contributed by atoms with van der Waals surface area (Å²) in [6.45, 7) is 8.16. The van der Waals surface area contributed by atoms with E-state index in [9.17, 15) is 4.79 Å². The maximum atomic E-state index is 12.6. The smallest absolute Gasteiger partial charge is 0.251 e. The van der Waals surface area contributed by atoms with Gasteiger partial charge in [-0.15, -0.1) is 0 Å². The summed E-state index contributed by atoms with van der Waals surface area (Å²) in [5.41, 5.74) is 0.451. The van der Waals surface area contributed by atoms with Gasteiger partial charge in [-0.3, -0.25) is 9.69 Å². The number of carbonyl (C=O) groups excluding carboxylic acids is 1. The second-order valence-corrected chi connectivity index (χ2v) is 6.77. The van der Waals surface area contributed by atoms with Gasteiger partial charge in [-0.1, -0.05) is 25.4 Å². The van der Waals surface area contributed by atoms with Gasteiger partial charge in [0.05, 0.1) is 32.5 Å². The monoisotopic (exact) mass is 370 g/mol. The van der Waals surface area contributed by atoms with Crippen LogP contribution in [-0.4, -0.2) is 63.9 Å². The molecule has 0 spiro atoms. The molecular weight excluding hydrogens is 344 g/mol. The predicted molar refractivity (Wildman–Crippen MR) is 97.9 cm³/mol. The summed E-state index contributed by atoms with van der Waals surface area (Å²) in [4.78, 5) is 14.9. The molecule has 1 heterocycles. The zero-order chi connectivity index (χ0) is 18.4. The van der Waals surface area contributed by atoms with E-state index >= 15 is 0 Å². The molecule has 25 heavy (non-hydrogen) atoms. The van der Waals surface area contributed by atoms with Crippen molar-refractivity contribution in [1.29, 1.82) is 0 Å². The first-order chi connectivity index (χ1) is 12.0. The molecule has 0 aliphatic carbocycles. The predicted octanol–water partition coefficient (Wildman–Crippen LogP) is 2.44. The van der Waals surface area contributed by atoms with Gasteiger partial charge in [0.15, 0.2) is 11.5 Å². The van der Waals surface area contributed by atoms with Gasteiger partial charge in [-0.2, -0.15) is 0 Å². The summed E-state index contributed by atoms with van der Waals surface area (Å²) in [6.07, 6.45) is 0. The summed E-state index contributed by atoms with van der Waals surface area (Å²) >= 11 is 6.19. The van der Waals surface area contributed by atoms with Gasteiger partial charge >= 0.3 is 0 Å². The van der Waals surface area contributed by atoms with E-state index in [0.29, 0.717) is 34.5 Å². The number of methoxy groups -OCH3 is 2. The Kier molecular flexibility index (Phi) is 7.35. The molecule has 1 aromatic rings. The molecule has 1 saturated heterocycles. The van der Waals surface area contributed by atoms with Crippen molar-refractivity contribution in [2.45, 2.75) is 19.9 Å². The van der Waals surface area contributed by atoms with E-state index in [-0.39, 0.29) is 11.9 Å². The number of halogens is 1. The molecule has 140 valence electrons. The van der Waals surface area contributed by atoms with Crippen LogP contribution in [0.3, 0.4) is 0 Å². The van der Waals surface area contributed by atoms with Gasteiger partial charge in [0.25, 0.3) is 5.91 Å². The van der Waals surface area contributed by atoms with E-state index in [4.69, 9.17) is 25.8 Å². The first kappa shape index (κ1) is 19.8. The lowest BCUT2D eigenvalue weighted by Crippen LogP contribution is -2.51. The molecule has 1 aromatic carbocycles. The van der Waals surface area contributed by atoms with Crippen LogP contribution in [0.15, 0.2) is 12.1 Å². The number of rotatable bonds is 7. The largest absolute Gasteiger partial charge is 0.493 e. The molecule has 0 aromatic heterocycles. The maximum absolute atomic E-state index is 12.6. The van der Waals surface area contributed by atoms with Crippen molar-refractivity contribution in [2.24, 2.45) is 5.92 Å². The van der Waals surface area contributed by atoms with Crippen LogP contribution in [0.4, 0.5) is 0 Å². The van der Waals surface area contributed by atoms with Crippen molar-refractivity contribution in [2.75, 3.05) is 47.1 Å². The molecule has 1 amide bonds. The van der Waals surface area contributed by atoms with Gasteiger partial charge in [0, 0.05) is 31.2 Å². The number of benzene rings is 1. The van der Waals surface area contributed by atoms with Crippen molar-refractivity contribution >= 4 is 17.5 Å². The average molecular weight is 371 g/mol. The Hall–Kier alpha value is -1.50. The van der Waals surface area contributed by atoms with Crippen LogP contribution in [0.25, 0.3) is 0 Å². The number of amides is 1. The van der Waals surface area contributed by atoms with Gasteiger partial charge < -0.3 is 19.5 Å². The van der Waals surface area contributed by atoms with E-state index in [2.05, 4.69) is 24.1 Å². The quantitative estimate of drug-likeness (QED) is 0.798. The van der Waals surface area contributed by atoms with E-state index in [0.717, 1.165) is 26.3 Å².